The average Bonchev–Trinajstić information content (AvgIpc) is 2.40. The smallest absolute Gasteiger partial charge is 0.0361 e. The molecule has 98 valence electrons. The summed E-state index contributed by atoms with van der Waals surface area (Å²) in [5.41, 5.74) is 3.49. The van der Waals surface area contributed by atoms with Crippen LogP contribution in [0, 0.1) is 0 Å². The van der Waals surface area contributed by atoms with Gasteiger partial charge in [-0.2, -0.15) is 0 Å². The summed E-state index contributed by atoms with van der Waals surface area (Å²) >= 11 is 0. The fourth-order valence-electron chi connectivity index (χ4n) is 2.54. The van der Waals surface area contributed by atoms with Crippen molar-refractivity contribution in [3.05, 3.63) is 36.4 Å². The Morgan fingerprint density at radius 2 is 1.72 bits per heavy atom. The number of hydrogen-bond donors (Lipinski definition) is 1. The maximum atomic E-state index is 4.17. The molecule has 0 bridgehead atoms. The minimum Gasteiger partial charge on any atom is -0.382 e. The van der Waals surface area contributed by atoms with Crippen molar-refractivity contribution in [3.8, 4) is 0 Å². The summed E-state index contributed by atoms with van der Waals surface area (Å²) in [5, 5.41) is 3.58. The molecule has 1 fully saturated rings. The molecule has 1 saturated carbocycles. The van der Waals surface area contributed by atoms with Gasteiger partial charge >= 0.3 is 0 Å². The summed E-state index contributed by atoms with van der Waals surface area (Å²) in [7, 11) is 4.12. The van der Waals surface area contributed by atoms with E-state index in [1.165, 1.54) is 43.4 Å². The Morgan fingerprint density at radius 1 is 1.11 bits per heavy atom. The largest absolute Gasteiger partial charge is 0.382 e. The van der Waals surface area contributed by atoms with Crippen LogP contribution in [0.3, 0.4) is 0 Å². The number of nitrogens with zero attached hydrogens (tertiary/aromatic N) is 1. The normalized spacial score (nSPS) is 16.3. The third-order valence-corrected chi connectivity index (χ3v) is 3.72. The maximum absolute atomic E-state index is 4.17. The third kappa shape index (κ3) is 3.28. The zero-order valence-corrected chi connectivity index (χ0v) is 11.6. The number of rotatable bonds is 4. The van der Waals surface area contributed by atoms with E-state index in [9.17, 15) is 0 Å². The first kappa shape index (κ1) is 13.0. The van der Waals surface area contributed by atoms with Gasteiger partial charge in [-0.15, -0.1) is 0 Å². The van der Waals surface area contributed by atoms with Gasteiger partial charge in [-0.25, -0.2) is 0 Å². The molecule has 2 rings (SSSR count). The molecule has 0 aromatic heterocycles. The molecule has 1 aliphatic carbocycles. The van der Waals surface area contributed by atoms with E-state index in [1.807, 2.05) is 0 Å². The van der Waals surface area contributed by atoms with Gasteiger partial charge in [0.2, 0.25) is 0 Å². The molecule has 0 amide bonds. The van der Waals surface area contributed by atoms with E-state index in [2.05, 4.69) is 55.2 Å². The van der Waals surface area contributed by atoms with Gasteiger partial charge in [0.25, 0.3) is 0 Å². The van der Waals surface area contributed by atoms with Gasteiger partial charge in [-0.05, 0) is 30.5 Å². The summed E-state index contributed by atoms with van der Waals surface area (Å²) in [6.45, 7) is 4.17. The van der Waals surface area contributed by atoms with Crippen LogP contribution in [0.2, 0.25) is 0 Å². The Hall–Kier alpha value is -1.44. The zero-order valence-electron chi connectivity index (χ0n) is 11.6. The number of hydrogen-bond acceptors (Lipinski definition) is 2. The number of benzene rings is 1. The second-order valence-corrected chi connectivity index (χ2v) is 5.40. The van der Waals surface area contributed by atoms with E-state index < -0.39 is 0 Å². The average molecular weight is 244 g/mol. The van der Waals surface area contributed by atoms with Gasteiger partial charge in [0.1, 0.15) is 0 Å². The first-order valence-electron chi connectivity index (χ1n) is 6.90. The maximum Gasteiger partial charge on any atom is 0.0361 e. The van der Waals surface area contributed by atoms with Crippen LogP contribution in [-0.2, 0) is 0 Å². The van der Waals surface area contributed by atoms with Crippen LogP contribution in [0.4, 0.5) is 5.69 Å². The van der Waals surface area contributed by atoms with Crippen molar-refractivity contribution in [2.24, 2.45) is 0 Å². The van der Waals surface area contributed by atoms with Crippen LogP contribution in [0.5, 0.6) is 0 Å². The molecule has 1 aromatic rings. The highest BCUT2D eigenvalue weighted by atomic mass is 15.1. The van der Waals surface area contributed by atoms with Crippen LogP contribution in [-0.4, -0.2) is 20.1 Å². The van der Waals surface area contributed by atoms with Gasteiger partial charge in [0.15, 0.2) is 0 Å². The molecule has 0 spiro atoms. The summed E-state index contributed by atoms with van der Waals surface area (Å²) in [5.74, 6) is 0. The number of nitrogens with one attached hydrogen (secondary N) is 1. The summed E-state index contributed by atoms with van der Waals surface area (Å²) < 4.78 is 0. The van der Waals surface area contributed by atoms with E-state index in [4.69, 9.17) is 0 Å². The van der Waals surface area contributed by atoms with Gasteiger partial charge in [0.05, 0.1) is 0 Å². The van der Waals surface area contributed by atoms with Crippen LogP contribution in [0.25, 0.3) is 5.70 Å². The lowest BCUT2D eigenvalue weighted by molar-refractivity contribution is 0.409. The van der Waals surface area contributed by atoms with Crippen molar-refractivity contribution < 1.29 is 0 Å². The van der Waals surface area contributed by atoms with Crippen molar-refractivity contribution in [1.82, 2.24) is 5.32 Å². The molecule has 1 N–H and O–H groups in total. The first-order valence-corrected chi connectivity index (χ1v) is 6.90. The van der Waals surface area contributed by atoms with Gasteiger partial charge in [0, 0.05) is 31.5 Å². The molecular formula is C16H24N2. The minimum atomic E-state index is 0.625. The molecule has 0 aliphatic heterocycles. The van der Waals surface area contributed by atoms with E-state index in [0.717, 1.165) is 5.70 Å². The van der Waals surface area contributed by atoms with Crippen molar-refractivity contribution in [1.29, 1.82) is 0 Å². The van der Waals surface area contributed by atoms with Gasteiger partial charge in [-0.3, -0.25) is 0 Å². The SMILES string of the molecule is C=C(NC1CCCCC1)c1ccc(N(C)C)cc1. The van der Waals surface area contributed by atoms with Crippen molar-refractivity contribution in [2.45, 2.75) is 38.1 Å². The van der Waals surface area contributed by atoms with Crippen LogP contribution >= 0.6 is 0 Å². The second-order valence-electron chi connectivity index (χ2n) is 5.40. The lowest BCUT2D eigenvalue weighted by atomic mass is 9.95. The summed E-state index contributed by atoms with van der Waals surface area (Å²) in [4.78, 5) is 2.11. The van der Waals surface area contributed by atoms with Gasteiger partial charge in [-0.1, -0.05) is 38.0 Å². The monoisotopic (exact) mass is 244 g/mol. The molecule has 2 heteroatoms. The molecule has 0 saturated heterocycles. The Bertz CT molecular complexity index is 386. The Balaban J connectivity index is 1.95. The molecule has 1 aromatic carbocycles. The lowest BCUT2D eigenvalue weighted by Crippen LogP contribution is -2.29. The summed E-state index contributed by atoms with van der Waals surface area (Å²) in [6, 6.07) is 9.20. The predicted octanol–water partition coefficient (Wildman–Crippen LogP) is 3.65. The van der Waals surface area contributed by atoms with Crippen molar-refractivity contribution >= 4 is 11.4 Å². The molecule has 0 atom stereocenters. The molecule has 0 unspecified atom stereocenters. The molecule has 0 heterocycles. The van der Waals surface area contributed by atoms with Crippen molar-refractivity contribution in [3.63, 3.8) is 0 Å². The first-order chi connectivity index (χ1) is 8.66. The molecule has 0 radical (unpaired) electrons. The molecular weight excluding hydrogens is 220 g/mol. The van der Waals surface area contributed by atoms with E-state index >= 15 is 0 Å². The molecule has 2 nitrogen and oxygen atoms in total. The van der Waals surface area contributed by atoms with E-state index in [0.29, 0.717) is 6.04 Å². The standard InChI is InChI=1S/C16H24N2/c1-13(17-15-7-5-4-6-8-15)14-9-11-16(12-10-14)18(2)3/h9-12,15,17H,1,4-8H2,2-3H3. The Kier molecular flexibility index (Phi) is 4.29. The quantitative estimate of drug-likeness (QED) is 0.869. The summed E-state index contributed by atoms with van der Waals surface area (Å²) in [6.07, 6.45) is 6.67. The highest BCUT2D eigenvalue weighted by Gasteiger charge is 2.13. The zero-order chi connectivity index (χ0) is 13.0. The molecule has 1 aliphatic rings. The topological polar surface area (TPSA) is 15.3 Å². The highest BCUT2D eigenvalue weighted by molar-refractivity contribution is 5.64. The Labute approximate surface area is 111 Å². The minimum absolute atomic E-state index is 0.625. The van der Waals surface area contributed by atoms with Crippen LogP contribution in [0.1, 0.15) is 37.7 Å². The van der Waals surface area contributed by atoms with Gasteiger partial charge < -0.3 is 10.2 Å². The second kappa shape index (κ2) is 5.94. The fourth-order valence-corrected chi connectivity index (χ4v) is 2.54. The van der Waals surface area contributed by atoms with E-state index in [1.54, 1.807) is 0 Å². The highest BCUT2D eigenvalue weighted by Crippen LogP contribution is 2.21. The fraction of sp³-hybridized carbons (Fsp3) is 0.500. The third-order valence-electron chi connectivity index (χ3n) is 3.72. The number of anilines is 1. The van der Waals surface area contributed by atoms with Crippen LogP contribution in [0.15, 0.2) is 30.8 Å². The van der Waals surface area contributed by atoms with Crippen molar-refractivity contribution in [2.75, 3.05) is 19.0 Å². The lowest BCUT2D eigenvalue weighted by Gasteiger charge is -2.25. The molecule has 18 heavy (non-hydrogen) atoms. The Morgan fingerprint density at radius 3 is 2.28 bits per heavy atom. The van der Waals surface area contributed by atoms with E-state index in [-0.39, 0.29) is 0 Å². The van der Waals surface area contributed by atoms with Crippen LogP contribution < -0.4 is 10.2 Å². The predicted molar refractivity (Wildman–Crippen MR) is 79.8 cm³/mol.